The van der Waals surface area contributed by atoms with Crippen LogP contribution in [0.1, 0.15) is 25.3 Å². The van der Waals surface area contributed by atoms with Gasteiger partial charge in [0.25, 0.3) is 0 Å². The maximum Gasteiger partial charge on any atom is 0.407 e. The van der Waals surface area contributed by atoms with Gasteiger partial charge in [-0.15, -0.1) is 0 Å². The summed E-state index contributed by atoms with van der Waals surface area (Å²) in [5, 5.41) is 14.4. The van der Waals surface area contributed by atoms with Crippen LogP contribution in [-0.2, 0) is 11.3 Å². The molecule has 1 fully saturated rings. The number of hydrogen-bond donors (Lipinski definition) is 2. The minimum atomic E-state index is -0.406. The van der Waals surface area contributed by atoms with E-state index in [1.54, 1.807) is 0 Å². The monoisotopic (exact) mass is 424 g/mol. The molecule has 2 N–H and O–H groups in total. The highest BCUT2D eigenvalue weighted by atomic mass is 16.6. The fraction of sp³-hybridized carbons (Fsp3) is 0.455. The number of ether oxygens (including phenoxy) is 2. The summed E-state index contributed by atoms with van der Waals surface area (Å²) in [5.74, 6) is 0.841. The van der Waals surface area contributed by atoms with Crippen molar-refractivity contribution in [3.05, 3.63) is 48.3 Å². The van der Waals surface area contributed by atoms with E-state index in [1.165, 1.54) is 18.0 Å². The van der Waals surface area contributed by atoms with E-state index in [9.17, 15) is 4.79 Å². The predicted molar refractivity (Wildman–Crippen MR) is 115 cm³/mol. The van der Waals surface area contributed by atoms with E-state index in [-0.39, 0.29) is 18.8 Å². The Hall–Kier alpha value is -3.38. The summed E-state index contributed by atoms with van der Waals surface area (Å²) in [4.78, 5) is 22.8. The molecule has 2 heterocycles. The Morgan fingerprint density at radius 3 is 2.65 bits per heavy atom. The van der Waals surface area contributed by atoms with Crippen molar-refractivity contribution in [1.29, 1.82) is 5.26 Å². The van der Waals surface area contributed by atoms with Crippen molar-refractivity contribution in [2.24, 2.45) is 0 Å². The molecule has 164 valence electrons. The van der Waals surface area contributed by atoms with Crippen LogP contribution in [0.15, 0.2) is 42.7 Å². The number of amides is 1. The van der Waals surface area contributed by atoms with Crippen molar-refractivity contribution < 1.29 is 14.3 Å². The zero-order chi connectivity index (χ0) is 21.9. The Morgan fingerprint density at radius 2 is 1.97 bits per heavy atom. The number of likely N-dealkylation sites (tertiary alicyclic amines) is 1. The van der Waals surface area contributed by atoms with Crippen LogP contribution in [0.2, 0.25) is 0 Å². The van der Waals surface area contributed by atoms with Crippen LogP contribution in [0.4, 0.5) is 10.7 Å². The van der Waals surface area contributed by atoms with Crippen molar-refractivity contribution in [3.63, 3.8) is 0 Å². The Labute approximate surface area is 182 Å². The fourth-order valence-corrected chi connectivity index (χ4v) is 3.31. The lowest BCUT2D eigenvalue weighted by Crippen LogP contribution is -2.42. The summed E-state index contributed by atoms with van der Waals surface area (Å²) in [6.45, 7) is 5.02. The maximum absolute atomic E-state index is 12.2. The van der Waals surface area contributed by atoms with Crippen LogP contribution in [0.3, 0.4) is 0 Å². The first-order chi connectivity index (χ1) is 15.1. The van der Waals surface area contributed by atoms with Crippen LogP contribution in [0.25, 0.3) is 0 Å². The number of nitriles is 1. The molecular weight excluding hydrogens is 396 g/mol. The van der Waals surface area contributed by atoms with Crippen molar-refractivity contribution in [3.8, 4) is 11.8 Å². The van der Waals surface area contributed by atoms with E-state index in [4.69, 9.17) is 14.7 Å². The molecule has 9 heteroatoms. The van der Waals surface area contributed by atoms with Gasteiger partial charge < -0.3 is 20.1 Å². The standard InChI is InChI=1S/C22H28N6O3/c1-17(13-24-21-25-14-20(15-26-21)30-12-9-23)27-22(29)31-19-7-10-28(11-8-19)16-18-5-3-2-4-6-18/h2-6,14-15,17,19H,7-8,10-13,16H2,1H3,(H,27,29)(H,24,25,26)/t17-/m1/s1. The third-order valence-corrected chi connectivity index (χ3v) is 4.92. The molecule has 3 rings (SSSR count). The Balaban J connectivity index is 1.32. The second-order valence-electron chi connectivity index (χ2n) is 7.48. The maximum atomic E-state index is 12.2. The Morgan fingerprint density at radius 1 is 1.26 bits per heavy atom. The molecular formula is C22H28N6O3. The van der Waals surface area contributed by atoms with Crippen LogP contribution in [-0.4, -0.2) is 59.3 Å². The lowest BCUT2D eigenvalue weighted by Gasteiger charge is -2.31. The molecule has 31 heavy (non-hydrogen) atoms. The van der Waals surface area contributed by atoms with Crippen LogP contribution >= 0.6 is 0 Å². The van der Waals surface area contributed by atoms with Crippen LogP contribution in [0, 0.1) is 11.3 Å². The molecule has 1 amide bonds. The first kappa shape index (κ1) is 22.3. The van der Waals surface area contributed by atoms with Gasteiger partial charge in [0.15, 0.2) is 12.4 Å². The summed E-state index contributed by atoms with van der Waals surface area (Å²) in [5.41, 5.74) is 1.30. The quantitative estimate of drug-likeness (QED) is 0.632. The number of anilines is 1. The number of aromatic nitrogens is 2. The summed E-state index contributed by atoms with van der Waals surface area (Å²) < 4.78 is 10.7. The van der Waals surface area contributed by atoms with E-state index in [2.05, 4.69) is 49.8 Å². The molecule has 1 aromatic carbocycles. The minimum Gasteiger partial charge on any atom is -0.476 e. The van der Waals surface area contributed by atoms with Gasteiger partial charge in [-0.05, 0) is 25.3 Å². The van der Waals surface area contributed by atoms with Gasteiger partial charge in [-0.2, -0.15) is 5.26 Å². The highest BCUT2D eigenvalue weighted by Gasteiger charge is 2.22. The third kappa shape index (κ3) is 7.75. The van der Waals surface area contributed by atoms with Gasteiger partial charge in [-0.1, -0.05) is 30.3 Å². The lowest BCUT2D eigenvalue weighted by molar-refractivity contribution is 0.0475. The first-order valence-corrected chi connectivity index (χ1v) is 10.4. The predicted octanol–water partition coefficient (Wildman–Crippen LogP) is 2.57. The van der Waals surface area contributed by atoms with Gasteiger partial charge in [0.1, 0.15) is 12.2 Å². The molecule has 0 saturated carbocycles. The van der Waals surface area contributed by atoms with Crippen molar-refractivity contribution in [2.45, 2.75) is 38.5 Å². The Kier molecular flexibility index (Phi) is 8.43. The number of carbonyl (C=O) groups excluding carboxylic acids is 1. The van der Waals surface area contributed by atoms with E-state index in [0.717, 1.165) is 32.5 Å². The van der Waals surface area contributed by atoms with Crippen LogP contribution in [0.5, 0.6) is 5.75 Å². The molecule has 1 atom stereocenters. The van der Waals surface area contributed by atoms with Gasteiger partial charge in [0.05, 0.1) is 12.4 Å². The molecule has 9 nitrogen and oxygen atoms in total. The molecule has 2 aromatic rings. The van der Waals surface area contributed by atoms with E-state index in [0.29, 0.717) is 18.2 Å². The second-order valence-corrected chi connectivity index (χ2v) is 7.48. The lowest BCUT2D eigenvalue weighted by atomic mass is 10.1. The molecule has 1 saturated heterocycles. The number of carbonyl (C=O) groups is 1. The Bertz CT molecular complexity index is 848. The normalized spacial score (nSPS) is 15.5. The molecule has 0 spiro atoms. The minimum absolute atomic E-state index is 0.0503. The first-order valence-electron chi connectivity index (χ1n) is 10.4. The number of nitrogens with one attached hydrogen (secondary N) is 2. The molecule has 1 aliphatic heterocycles. The van der Waals surface area contributed by atoms with Gasteiger partial charge in [0.2, 0.25) is 5.95 Å². The highest BCUT2D eigenvalue weighted by Crippen LogP contribution is 2.16. The van der Waals surface area contributed by atoms with Crippen molar-refractivity contribution in [2.75, 3.05) is 31.6 Å². The van der Waals surface area contributed by atoms with Gasteiger partial charge in [0, 0.05) is 32.2 Å². The van der Waals surface area contributed by atoms with Gasteiger partial charge >= 0.3 is 6.09 Å². The largest absolute Gasteiger partial charge is 0.476 e. The van der Waals surface area contributed by atoms with Crippen LogP contribution < -0.4 is 15.4 Å². The third-order valence-electron chi connectivity index (χ3n) is 4.92. The highest BCUT2D eigenvalue weighted by molar-refractivity contribution is 5.67. The average molecular weight is 425 g/mol. The van der Waals surface area contributed by atoms with Crippen molar-refractivity contribution >= 4 is 12.0 Å². The summed E-state index contributed by atoms with van der Waals surface area (Å²) >= 11 is 0. The molecule has 0 unspecified atom stereocenters. The number of nitrogens with zero attached hydrogens (tertiary/aromatic N) is 4. The smallest absolute Gasteiger partial charge is 0.407 e. The average Bonchev–Trinajstić information content (AvgIpc) is 2.79. The topological polar surface area (TPSA) is 112 Å². The van der Waals surface area contributed by atoms with Gasteiger partial charge in [-0.25, -0.2) is 14.8 Å². The zero-order valence-electron chi connectivity index (χ0n) is 17.7. The summed E-state index contributed by atoms with van der Waals surface area (Å²) in [6, 6.07) is 12.1. The number of alkyl carbamates (subject to hydrolysis) is 1. The number of piperidine rings is 1. The zero-order valence-corrected chi connectivity index (χ0v) is 17.7. The molecule has 1 aliphatic rings. The molecule has 0 radical (unpaired) electrons. The molecule has 0 aliphatic carbocycles. The fourth-order valence-electron chi connectivity index (χ4n) is 3.31. The second kappa shape index (κ2) is 11.7. The number of hydrogen-bond acceptors (Lipinski definition) is 8. The van der Waals surface area contributed by atoms with Crippen molar-refractivity contribution in [1.82, 2.24) is 20.2 Å². The SMILES string of the molecule is C[C@H](CNc1ncc(OCC#N)cn1)NC(=O)OC1CCN(Cc2ccccc2)CC1. The summed E-state index contributed by atoms with van der Waals surface area (Å²) in [6.07, 6.45) is 4.18. The molecule has 0 bridgehead atoms. The van der Waals surface area contributed by atoms with E-state index in [1.807, 2.05) is 19.1 Å². The van der Waals surface area contributed by atoms with E-state index >= 15 is 0 Å². The number of rotatable bonds is 9. The molecule has 1 aromatic heterocycles. The van der Waals surface area contributed by atoms with E-state index < -0.39 is 6.09 Å². The van der Waals surface area contributed by atoms with Gasteiger partial charge in [-0.3, -0.25) is 4.90 Å². The number of benzene rings is 1. The summed E-state index contributed by atoms with van der Waals surface area (Å²) in [7, 11) is 0.